The maximum absolute atomic E-state index is 13.2. The number of carbonyl (C=O) groups is 2. The second-order valence-corrected chi connectivity index (χ2v) is 10.1. The van der Waals surface area contributed by atoms with Gasteiger partial charge in [-0.05, 0) is 68.0 Å². The van der Waals surface area contributed by atoms with E-state index < -0.39 is 35.2 Å². The fourth-order valence-electron chi connectivity index (χ4n) is 4.75. The molecule has 0 saturated carbocycles. The predicted molar refractivity (Wildman–Crippen MR) is 137 cm³/mol. The molecule has 0 bridgehead atoms. The van der Waals surface area contributed by atoms with E-state index >= 15 is 0 Å². The minimum atomic E-state index is -5.05. The summed E-state index contributed by atoms with van der Waals surface area (Å²) >= 11 is 0. The Morgan fingerprint density at radius 2 is 1.52 bits per heavy atom. The molecule has 40 heavy (non-hydrogen) atoms. The van der Waals surface area contributed by atoms with Crippen LogP contribution in [0.1, 0.15) is 54.1 Å². The Kier molecular flexibility index (Phi) is 8.81. The van der Waals surface area contributed by atoms with Gasteiger partial charge < -0.3 is 25.6 Å². The van der Waals surface area contributed by atoms with Crippen LogP contribution in [0, 0.1) is 5.92 Å². The van der Waals surface area contributed by atoms with Crippen LogP contribution in [0.5, 0.6) is 0 Å². The lowest BCUT2D eigenvalue weighted by molar-refractivity contribution is -0.143. The Morgan fingerprint density at radius 1 is 0.900 bits per heavy atom. The molecule has 218 valence electrons. The normalized spacial score (nSPS) is 18.5. The van der Waals surface area contributed by atoms with Crippen molar-refractivity contribution in [2.24, 2.45) is 5.92 Å². The molecule has 7 nitrogen and oxygen atoms in total. The van der Waals surface area contributed by atoms with Crippen molar-refractivity contribution >= 4 is 29.0 Å². The third kappa shape index (κ3) is 7.58. The molecule has 2 saturated heterocycles. The third-order valence-electron chi connectivity index (χ3n) is 6.98. The van der Waals surface area contributed by atoms with Gasteiger partial charge in [0.2, 0.25) is 0 Å². The maximum Gasteiger partial charge on any atom is 0.416 e. The van der Waals surface area contributed by atoms with E-state index in [1.807, 2.05) is 5.32 Å². The van der Waals surface area contributed by atoms with Gasteiger partial charge in [0.1, 0.15) is 0 Å². The number of nitrogens with zero attached hydrogens (tertiary/aromatic N) is 1. The SMILES string of the molecule is CC1CCN(c2ccc(NC(=O)Nc3cc(C(F)(F)F)cc(C(F)(F)F)c3)cc2C(=O)NC[C@H]2CCCO2)CC1. The van der Waals surface area contributed by atoms with Crippen LogP contribution < -0.4 is 20.9 Å². The van der Waals surface area contributed by atoms with Crippen molar-refractivity contribution in [1.29, 1.82) is 0 Å². The van der Waals surface area contributed by atoms with Crippen molar-refractivity contribution in [3.63, 3.8) is 0 Å². The van der Waals surface area contributed by atoms with Gasteiger partial charge in [-0.1, -0.05) is 6.92 Å². The minimum Gasteiger partial charge on any atom is -0.376 e. The first kappa shape index (κ1) is 29.5. The van der Waals surface area contributed by atoms with Crippen LogP contribution in [0.15, 0.2) is 36.4 Å². The van der Waals surface area contributed by atoms with E-state index in [1.54, 1.807) is 6.07 Å². The van der Waals surface area contributed by atoms with Gasteiger partial charge in [-0.3, -0.25) is 4.79 Å². The molecular weight excluding hydrogens is 542 g/mol. The van der Waals surface area contributed by atoms with Crippen LogP contribution in [-0.4, -0.2) is 44.3 Å². The molecule has 2 aliphatic rings. The Hall–Kier alpha value is -3.48. The van der Waals surface area contributed by atoms with Crippen LogP contribution >= 0.6 is 0 Å². The van der Waals surface area contributed by atoms with E-state index in [9.17, 15) is 35.9 Å². The number of alkyl halides is 6. The van der Waals surface area contributed by atoms with Crippen LogP contribution in [-0.2, 0) is 17.1 Å². The van der Waals surface area contributed by atoms with Crippen molar-refractivity contribution in [2.75, 3.05) is 41.8 Å². The van der Waals surface area contributed by atoms with E-state index in [1.165, 1.54) is 12.1 Å². The Bertz CT molecular complexity index is 1190. The summed E-state index contributed by atoms with van der Waals surface area (Å²) in [4.78, 5) is 27.9. The number of nitrogens with one attached hydrogen (secondary N) is 3. The zero-order chi connectivity index (χ0) is 29.1. The van der Waals surface area contributed by atoms with Gasteiger partial charge in [0.15, 0.2) is 0 Å². The highest BCUT2D eigenvalue weighted by Crippen LogP contribution is 2.37. The number of anilines is 3. The molecule has 0 aliphatic carbocycles. The number of piperidine rings is 1. The Balaban J connectivity index is 1.54. The molecule has 4 rings (SSSR count). The number of rotatable bonds is 6. The lowest BCUT2D eigenvalue weighted by atomic mass is 9.97. The summed E-state index contributed by atoms with van der Waals surface area (Å²) in [6, 6.07) is 4.36. The molecule has 3 amide bonds. The summed E-state index contributed by atoms with van der Waals surface area (Å²) in [7, 11) is 0. The van der Waals surface area contributed by atoms with Crippen molar-refractivity contribution in [3.05, 3.63) is 53.1 Å². The summed E-state index contributed by atoms with van der Waals surface area (Å²) < 4.78 is 84.6. The smallest absolute Gasteiger partial charge is 0.376 e. The highest BCUT2D eigenvalue weighted by atomic mass is 19.4. The molecule has 2 fully saturated rings. The summed E-state index contributed by atoms with van der Waals surface area (Å²) in [5.74, 6) is 0.160. The van der Waals surface area contributed by atoms with Gasteiger partial charge in [0, 0.05) is 43.3 Å². The van der Waals surface area contributed by atoms with E-state index in [2.05, 4.69) is 22.5 Å². The van der Waals surface area contributed by atoms with Gasteiger partial charge in [-0.2, -0.15) is 26.3 Å². The minimum absolute atomic E-state index is 0.0232. The van der Waals surface area contributed by atoms with Crippen molar-refractivity contribution < 1.29 is 40.7 Å². The van der Waals surface area contributed by atoms with Crippen LogP contribution in [0.25, 0.3) is 0 Å². The summed E-state index contributed by atoms with van der Waals surface area (Å²) in [5.41, 5.74) is -2.71. The van der Waals surface area contributed by atoms with E-state index in [4.69, 9.17) is 4.74 Å². The molecule has 1 atom stereocenters. The number of benzene rings is 2. The molecule has 2 aliphatic heterocycles. The van der Waals surface area contributed by atoms with E-state index in [0.717, 1.165) is 38.8 Å². The van der Waals surface area contributed by atoms with Gasteiger partial charge in [-0.15, -0.1) is 0 Å². The molecule has 13 heteroatoms. The monoisotopic (exact) mass is 572 g/mol. The largest absolute Gasteiger partial charge is 0.416 e. The summed E-state index contributed by atoms with van der Waals surface area (Å²) in [6.45, 7) is 4.56. The number of ether oxygens (including phenoxy) is 1. The number of hydrogen-bond acceptors (Lipinski definition) is 4. The van der Waals surface area contributed by atoms with Crippen molar-refractivity contribution in [1.82, 2.24) is 5.32 Å². The number of halogens is 6. The fourth-order valence-corrected chi connectivity index (χ4v) is 4.75. The zero-order valence-corrected chi connectivity index (χ0v) is 21.7. The predicted octanol–water partition coefficient (Wildman–Crippen LogP) is 6.51. The second kappa shape index (κ2) is 11.9. The van der Waals surface area contributed by atoms with Gasteiger partial charge in [0.05, 0.1) is 22.8 Å². The molecule has 0 unspecified atom stereocenters. The molecule has 3 N–H and O–H groups in total. The van der Waals surface area contributed by atoms with E-state index in [0.29, 0.717) is 36.9 Å². The lowest BCUT2D eigenvalue weighted by Gasteiger charge is -2.33. The first-order valence-corrected chi connectivity index (χ1v) is 13.0. The first-order valence-electron chi connectivity index (χ1n) is 13.0. The average molecular weight is 573 g/mol. The topological polar surface area (TPSA) is 82.7 Å². The van der Waals surface area contributed by atoms with Crippen molar-refractivity contribution in [3.8, 4) is 0 Å². The van der Waals surface area contributed by atoms with Crippen LogP contribution in [0.2, 0.25) is 0 Å². The molecule has 0 spiro atoms. The first-order chi connectivity index (χ1) is 18.8. The number of carbonyl (C=O) groups excluding carboxylic acids is 2. The van der Waals surface area contributed by atoms with Crippen LogP contribution in [0.4, 0.5) is 48.2 Å². The summed E-state index contributed by atoms with van der Waals surface area (Å²) in [6.07, 6.45) is -6.59. The summed E-state index contributed by atoms with van der Waals surface area (Å²) in [5, 5.41) is 7.29. The Labute approximate surface area is 227 Å². The maximum atomic E-state index is 13.2. The molecule has 2 aromatic carbocycles. The molecule has 2 heterocycles. The zero-order valence-electron chi connectivity index (χ0n) is 21.7. The highest BCUT2D eigenvalue weighted by molar-refractivity contribution is 6.04. The second-order valence-electron chi connectivity index (χ2n) is 10.1. The highest BCUT2D eigenvalue weighted by Gasteiger charge is 2.37. The number of hydrogen-bond donors (Lipinski definition) is 3. The van der Waals surface area contributed by atoms with Crippen molar-refractivity contribution in [2.45, 2.75) is 51.1 Å². The van der Waals surface area contributed by atoms with Gasteiger partial charge >= 0.3 is 18.4 Å². The number of urea groups is 1. The molecule has 0 radical (unpaired) electrons. The Morgan fingerprint density at radius 3 is 2.10 bits per heavy atom. The molecule has 2 aromatic rings. The number of amides is 3. The van der Waals surface area contributed by atoms with Gasteiger partial charge in [-0.25, -0.2) is 4.79 Å². The standard InChI is InChI=1S/C27H30F6N4O3/c1-16-6-8-37(9-7-16)23-5-4-19(14-22(23)24(38)34-15-21-3-2-10-40-21)35-25(39)36-20-12-17(26(28,29)30)11-18(13-20)27(31,32)33/h4-5,11-14,16,21H,2-3,6-10,15H2,1H3,(H,34,38)(H2,35,36,39)/t21-/m1/s1. The quantitative estimate of drug-likeness (QED) is 0.345. The molecule has 0 aromatic heterocycles. The van der Waals surface area contributed by atoms with E-state index in [-0.39, 0.29) is 29.3 Å². The third-order valence-corrected chi connectivity index (χ3v) is 6.98. The van der Waals surface area contributed by atoms with Crippen LogP contribution in [0.3, 0.4) is 0 Å². The fraction of sp³-hybridized carbons (Fsp3) is 0.481. The average Bonchev–Trinajstić information content (AvgIpc) is 3.40. The van der Waals surface area contributed by atoms with Gasteiger partial charge in [0.25, 0.3) is 5.91 Å². The lowest BCUT2D eigenvalue weighted by Crippen LogP contribution is -2.36. The molecular formula is C27H30F6N4O3.